The number of hydrogen-bond acceptors (Lipinski definition) is 1. The highest BCUT2D eigenvalue weighted by Gasteiger charge is 2.35. The van der Waals surface area contributed by atoms with Crippen LogP contribution < -0.4 is 15.7 Å². The lowest BCUT2D eigenvalue weighted by Gasteiger charge is -2.31. The molecule has 2 aromatic heterocycles. The molecule has 3 aromatic carbocycles. The van der Waals surface area contributed by atoms with Crippen molar-refractivity contribution in [3.63, 3.8) is 0 Å². The molecule has 0 aliphatic carbocycles. The van der Waals surface area contributed by atoms with E-state index in [1.165, 1.54) is 21.8 Å². The van der Waals surface area contributed by atoms with Crippen molar-refractivity contribution in [2.75, 3.05) is 0 Å². The molecule has 0 saturated carbocycles. The Labute approximate surface area is 232 Å². The molecule has 0 aliphatic rings. The molecule has 6 heteroatoms. The van der Waals surface area contributed by atoms with Crippen LogP contribution in [0, 0.1) is 5.82 Å². The fourth-order valence-corrected chi connectivity index (χ4v) is 9.88. The summed E-state index contributed by atoms with van der Waals surface area (Å²) < 4.78 is 17.8. The van der Waals surface area contributed by atoms with Gasteiger partial charge in [-0.1, -0.05) is 82.6 Å². The minimum absolute atomic E-state index is 0.109. The Kier molecular flexibility index (Phi) is 7.21. The Bertz CT molecular complexity index is 1490. The number of rotatable bonds is 5. The predicted molar refractivity (Wildman–Crippen MR) is 160 cm³/mol. The third-order valence-electron chi connectivity index (χ3n) is 6.52. The zero-order chi connectivity index (χ0) is 26.2. The Morgan fingerprint density at radius 2 is 1.38 bits per heavy atom. The van der Waals surface area contributed by atoms with E-state index in [0.29, 0.717) is 0 Å². The van der Waals surface area contributed by atoms with Gasteiger partial charge in [-0.2, -0.15) is 0 Å². The molecule has 0 aliphatic heterocycles. The monoisotopic (exact) mass is 588 g/mol. The van der Waals surface area contributed by atoms with Crippen LogP contribution in [0.2, 0.25) is 5.02 Å². The number of aromatic nitrogens is 2. The lowest BCUT2D eigenvalue weighted by Crippen LogP contribution is -2.57. The standard InChI is InChI=1S/C31H27BrClFN2Si/c1-31(2,3)36-29(22-14-15-26(34)25(33)20-22)27(21-16-18-35-19-17-21)28(32)30(36)37(23-10-6-4-7-11-23)24-12-8-5-9-13-24/h4-20,37H,1-3H3. The minimum Gasteiger partial charge on any atom is -0.341 e. The summed E-state index contributed by atoms with van der Waals surface area (Å²) in [6.45, 7) is 6.65. The first kappa shape index (κ1) is 25.6. The SMILES string of the molecule is CC(C)(C)n1c(-c2ccc(F)c(Cl)c2)c(-c2ccncc2)c(Br)c1[SiH](c1ccccc1)c1ccccc1. The zero-order valence-corrected chi connectivity index (χ0v) is 24.4. The normalized spacial score (nSPS) is 11.8. The van der Waals surface area contributed by atoms with Gasteiger partial charge in [-0.05, 0) is 72.6 Å². The zero-order valence-electron chi connectivity index (χ0n) is 20.9. The van der Waals surface area contributed by atoms with E-state index in [9.17, 15) is 4.39 Å². The average Bonchev–Trinajstić information content (AvgIpc) is 3.21. The summed E-state index contributed by atoms with van der Waals surface area (Å²) in [4.78, 5) is 4.25. The maximum atomic E-state index is 14.3. The molecule has 2 heterocycles. The highest BCUT2D eigenvalue weighted by Crippen LogP contribution is 2.42. The van der Waals surface area contributed by atoms with Crippen LogP contribution in [-0.2, 0) is 5.54 Å². The van der Waals surface area contributed by atoms with Crippen molar-refractivity contribution in [2.45, 2.75) is 26.3 Å². The van der Waals surface area contributed by atoms with Crippen LogP contribution in [0.4, 0.5) is 4.39 Å². The molecular weight excluding hydrogens is 563 g/mol. The van der Waals surface area contributed by atoms with Crippen molar-refractivity contribution in [1.29, 1.82) is 0 Å². The van der Waals surface area contributed by atoms with Crippen LogP contribution in [0.3, 0.4) is 0 Å². The number of benzene rings is 3. The number of hydrogen-bond donors (Lipinski definition) is 0. The molecule has 0 fully saturated rings. The van der Waals surface area contributed by atoms with Crippen molar-refractivity contribution in [3.8, 4) is 22.4 Å². The van der Waals surface area contributed by atoms with Gasteiger partial charge in [0.15, 0.2) is 8.80 Å². The van der Waals surface area contributed by atoms with Gasteiger partial charge < -0.3 is 4.57 Å². The molecule has 0 amide bonds. The third-order valence-corrected chi connectivity index (χ3v) is 11.2. The second-order valence-electron chi connectivity index (χ2n) is 10.0. The summed E-state index contributed by atoms with van der Waals surface area (Å²) in [7, 11) is -1.97. The summed E-state index contributed by atoms with van der Waals surface area (Å²) in [5, 5.41) is 4.01. The summed E-state index contributed by atoms with van der Waals surface area (Å²) in [6.07, 6.45) is 3.61. The smallest absolute Gasteiger partial charge is 0.154 e. The van der Waals surface area contributed by atoms with Crippen molar-refractivity contribution in [3.05, 3.63) is 119 Å². The van der Waals surface area contributed by atoms with Crippen LogP contribution in [0.25, 0.3) is 22.4 Å². The lowest BCUT2D eigenvalue weighted by atomic mass is 10.0. The van der Waals surface area contributed by atoms with Crippen LogP contribution in [-0.4, -0.2) is 18.3 Å². The van der Waals surface area contributed by atoms with Gasteiger partial charge in [0.1, 0.15) is 5.82 Å². The number of halogens is 3. The van der Waals surface area contributed by atoms with Crippen molar-refractivity contribution in [1.82, 2.24) is 9.55 Å². The van der Waals surface area contributed by atoms with Crippen LogP contribution in [0.15, 0.2) is 108 Å². The van der Waals surface area contributed by atoms with E-state index in [2.05, 4.69) is 107 Å². The molecule has 0 bridgehead atoms. The van der Waals surface area contributed by atoms with Crippen LogP contribution in [0.5, 0.6) is 0 Å². The quantitative estimate of drug-likeness (QED) is 0.207. The maximum absolute atomic E-state index is 14.3. The molecule has 0 atom stereocenters. The van der Waals surface area contributed by atoms with E-state index in [4.69, 9.17) is 11.6 Å². The summed E-state index contributed by atoms with van der Waals surface area (Å²) in [5.41, 5.74) is 3.68. The molecule has 5 rings (SSSR count). The van der Waals surface area contributed by atoms with E-state index in [1.54, 1.807) is 18.5 Å². The fraction of sp³-hybridized carbons (Fsp3) is 0.129. The molecule has 0 radical (unpaired) electrons. The first-order chi connectivity index (χ1) is 17.8. The highest BCUT2D eigenvalue weighted by molar-refractivity contribution is 9.10. The van der Waals surface area contributed by atoms with Crippen molar-refractivity contribution in [2.24, 2.45) is 0 Å². The van der Waals surface area contributed by atoms with Crippen molar-refractivity contribution >= 4 is 52.0 Å². The first-order valence-electron chi connectivity index (χ1n) is 12.2. The minimum atomic E-state index is -1.97. The molecule has 37 heavy (non-hydrogen) atoms. The largest absolute Gasteiger partial charge is 0.341 e. The Morgan fingerprint density at radius 3 is 1.89 bits per heavy atom. The van der Waals surface area contributed by atoms with E-state index in [1.807, 2.05) is 18.2 Å². The Hall–Kier alpha value is -2.99. The molecule has 186 valence electrons. The summed E-state index contributed by atoms with van der Waals surface area (Å²) >= 11 is 10.4. The van der Waals surface area contributed by atoms with E-state index in [-0.39, 0.29) is 10.6 Å². The van der Waals surface area contributed by atoms with Crippen molar-refractivity contribution < 1.29 is 4.39 Å². The van der Waals surface area contributed by atoms with Crippen LogP contribution in [0.1, 0.15) is 20.8 Å². The topological polar surface area (TPSA) is 17.8 Å². The molecule has 0 spiro atoms. The van der Waals surface area contributed by atoms with E-state index in [0.717, 1.165) is 26.9 Å². The molecule has 2 nitrogen and oxygen atoms in total. The predicted octanol–water partition coefficient (Wildman–Crippen LogP) is 6.78. The van der Waals surface area contributed by atoms with Gasteiger partial charge in [-0.25, -0.2) is 4.39 Å². The van der Waals surface area contributed by atoms with E-state index < -0.39 is 14.6 Å². The van der Waals surface area contributed by atoms with Gasteiger partial charge in [-0.15, -0.1) is 0 Å². The average molecular weight is 590 g/mol. The second kappa shape index (κ2) is 10.4. The fourth-order valence-electron chi connectivity index (χ4n) is 5.01. The number of nitrogens with zero attached hydrogens (tertiary/aromatic N) is 2. The molecular formula is C31H27BrClFN2Si. The molecule has 0 saturated heterocycles. The molecule has 0 unspecified atom stereocenters. The van der Waals surface area contributed by atoms with Gasteiger partial charge >= 0.3 is 0 Å². The Morgan fingerprint density at radius 1 is 0.811 bits per heavy atom. The second-order valence-corrected chi connectivity index (χ2v) is 14.0. The van der Waals surface area contributed by atoms with Gasteiger partial charge in [0, 0.05) is 38.8 Å². The number of pyridine rings is 1. The van der Waals surface area contributed by atoms with Gasteiger partial charge in [0.2, 0.25) is 0 Å². The van der Waals surface area contributed by atoms with E-state index >= 15 is 0 Å². The van der Waals surface area contributed by atoms with Gasteiger partial charge in [0.05, 0.1) is 10.7 Å². The molecule has 5 aromatic rings. The van der Waals surface area contributed by atoms with Gasteiger partial charge in [0.25, 0.3) is 0 Å². The van der Waals surface area contributed by atoms with Crippen LogP contribution >= 0.6 is 27.5 Å². The third kappa shape index (κ3) is 4.96. The highest BCUT2D eigenvalue weighted by atomic mass is 79.9. The molecule has 0 N–H and O–H groups in total. The lowest BCUT2D eigenvalue weighted by molar-refractivity contribution is 0.411. The summed E-state index contributed by atoms with van der Waals surface area (Å²) in [5.74, 6) is -0.426. The summed E-state index contributed by atoms with van der Waals surface area (Å²) in [6, 6.07) is 30.5. The Balaban J connectivity index is 1.94. The first-order valence-corrected chi connectivity index (χ1v) is 15.1. The van der Waals surface area contributed by atoms with Gasteiger partial charge in [-0.3, -0.25) is 4.98 Å². The maximum Gasteiger partial charge on any atom is 0.154 e.